The molecule has 3 rings (SSSR count). The van der Waals surface area contributed by atoms with E-state index in [1.165, 1.54) is 25.4 Å². The molecule has 6 nitrogen and oxygen atoms in total. The monoisotopic (exact) mass is 346 g/mol. The molecule has 126 valence electrons. The second-order valence-electron chi connectivity index (χ2n) is 5.78. The van der Waals surface area contributed by atoms with Gasteiger partial charge in [-0.3, -0.25) is 0 Å². The largest absolute Gasteiger partial charge is 0.464 e. The molecule has 0 spiro atoms. The number of hydrogen-bond acceptors (Lipinski definition) is 5. The van der Waals surface area contributed by atoms with E-state index in [2.05, 4.69) is 14.4 Å². The van der Waals surface area contributed by atoms with Gasteiger partial charge in [-0.05, 0) is 37.0 Å². The van der Waals surface area contributed by atoms with Gasteiger partial charge in [-0.15, -0.1) is 0 Å². The lowest BCUT2D eigenvalue weighted by Gasteiger charge is -2.42. The van der Waals surface area contributed by atoms with Crippen LogP contribution in [0, 0.1) is 0 Å². The fourth-order valence-corrected chi connectivity index (χ4v) is 4.21. The Morgan fingerprint density at radius 3 is 2.38 bits per heavy atom. The van der Waals surface area contributed by atoms with Gasteiger partial charge in [0.25, 0.3) is 0 Å². The Bertz CT molecular complexity index is 829. The van der Waals surface area contributed by atoms with Gasteiger partial charge in [-0.2, -0.15) is 0 Å². The van der Waals surface area contributed by atoms with Crippen molar-refractivity contribution in [2.75, 3.05) is 7.11 Å². The molecule has 0 aliphatic heterocycles. The highest BCUT2D eigenvalue weighted by atomic mass is 32.2. The third-order valence-electron chi connectivity index (χ3n) is 4.30. The molecule has 1 heterocycles. The summed E-state index contributed by atoms with van der Waals surface area (Å²) in [7, 11) is -2.49. The van der Waals surface area contributed by atoms with Crippen LogP contribution in [0.15, 0.2) is 53.6 Å². The number of carbonyl (C=O) groups excluding carboxylic acids is 1. The van der Waals surface area contributed by atoms with Crippen LogP contribution in [0.3, 0.4) is 0 Å². The van der Waals surface area contributed by atoms with Crippen molar-refractivity contribution in [2.45, 2.75) is 29.7 Å². The van der Waals surface area contributed by atoms with Gasteiger partial charge in [0, 0.05) is 6.20 Å². The molecule has 24 heavy (non-hydrogen) atoms. The first-order chi connectivity index (χ1) is 11.5. The molecule has 0 amide bonds. The molecule has 1 aromatic heterocycles. The zero-order chi connectivity index (χ0) is 17.2. The predicted molar refractivity (Wildman–Crippen MR) is 87.9 cm³/mol. The van der Waals surface area contributed by atoms with Gasteiger partial charge in [0.1, 0.15) is 10.6 Å². The Labute approximate surface area is 140 Å². The summed E-state index contributed by atoms with van der Waals surface area (Å²) in [4.78, 5) is 15.3. The SMILES string of the molecule is COC(=O)c1ccc(S(=O)(=O)NC2(c3ccccc3)CCC2)cn1. The Hall–Kier alpha value is -2.25. The fourth-order valence-electron chi connectivity index (χ4n) is 2.82. The first kappa shape index (κ1) is 16.6. The number of sulfonamides is 1. The molecule has 1 aliphatic carbocycles. The number of esters is 1. The van der Waals surface area contributed by atoms with E-state index in [4.69, 9.17) is 0 Å². The van der Waals surface area contributed by atoms with Crippen LogP contribution in [-0.4, -0.2) is 26.5 Å². The van der Waals surface area contributed by atoms with E-state index < -0.39 is 21.5 Å². The molecular weight excluding hydrogens is 328 g/mol. The predicted octanol–water partition coefficient (Wildman–Crippen LogP) is 2.23. The number of methoxy groups -OCH3 is 1. The lowest BCUT2D eigenvalue weighted by Crippen LogP contribution is -2.50. The molecule has 1 aromatic carbocycles. The highest BCUT2D eigenvalue weighted by Crippen LogP contribution is 2.42. The number of nitrogens with one attached hydrogen (secondary N) is 1. The van der Waals surface area contributed by atoms with Gasteiger partial charge in [0.2, 0.25) is 10.0 Å². The maximum absolute atomic E-state index is 12.7. The lowest BCUT2D eigenvalue weighted by atomic mass is 9.73. The van der Waals surface area contributed by atoms with Gasteiger partial charge in [-0.25, -0.2) is 22.9 Å². The Morgan fingerprint density at radius 1 is 1.17 bits per heavy atom. The fraction of sp³-hybridized carbons (Fsp3) is 0.294. The molecule has 1 fully saturated rings. The third kappa shape index (κ3) is 3.05. The molecule has 1 saturated carbocycles. The number of aromatic nitrogens is 1. The number of ether oxygens (including phenoxy) is 1. The Morgan fingerprint density at radius 2 is 1.88 bits per heavy atom. The molecule has 0 radical (unpaired) electrons. The molecular formula is C17H18N2O4S. The van der Waals surface area contributed by atoms with Gasteiger partial charge in [0.05, 0.1) is 12.6 Å². The van der Waals surface area contributed by atoms with Crippen LogP contribution in [0.4, 0.5) is 0 Å². The van der Waals surface area contributed by atoms with Crippen molar-refractivity contribution in [3.8, 4) is 0 Å². The zero-order valence-electron chi connectivity index (χ0n) is 13.2. The van der Waals surface area contributed by atoms with Crippen LogP contribution in [0.1, 0.15) is 35.3 Å². The van der Waals surface area contributed by atoms with Crippen LogP contribution >= 0.6 is 0 Å². The summed E-state index contributed by atoms with van der Waals surface area (Å²) in [5.41, 5.74) is 0.457. The van der Waals surface area contributed by atoms with Crippen LogP contribution in [0.2, 0.25) is 0 Å². The maximum Gasteiger partial charge on any atom is 0.356 e. The van der Waals surface area contributed by atoms with Crippen molar-refractivity contribution in [2.24, 2.45) is 0 Å². The first-order valence-corrected chi connectivity index (χ1v) is 9.09. The highest BCUT2D eigenvalue weighted by Gasteiger charge is 2.42. The van der Waals surface area contributed by atoms with Gasteiger partial charge in [0.15, 0.2) is 0 Å². The molecule has 0 atom stereocenters. The van der Waals surface area contributed by atoms with E-state index in [0.29, 0.717) is 0 Å². The minimum absolute atomic E-state index is 0.0253. The van der Waals surface area contributed by atoms with Gasteiger partial charge < -0.3 is 4.74 Å². The van der Waals surface area contributed by atoms with Gasteiger partial charge in [-0.1, -0.05) is 30.3 Å². The second-order valence-corrected chi connectivity index (χ2v) is 7.46. The normalized spacial score (nSPS) is 16.2. The number of rotatable bonds is 5. The molecule has 1 aliphatic rings. The van der Waals surface area contributed by atoms with Crippen LogP contribution in [0.5, 0.6) is 0 Å². The molecule has 0 bridgehead atoms. The minimum atomic E-state index is -3.74. The van der Waals surface area contributed by atoms with Crippen LogP contribution < -0.4 is 4.72 Å². The Balaban J connectivity index is 1.87. The number of benzene rings is 1. The van der Waals surface area contributed by atoms with Crippen molar-refractivity contribution in [3.05, 3.63) is 59.9 Å². The summed E-state index contributed by atoms with van der Waals surface area (Å²) in [5, 5.41) is 0. The average Bonchev–Trinajstić information content (AvgIpc) is 2.58. The molecule has 0 unspecified atom stereocenters. The standard InChI is InChI=1S/C17H18N2O4S/c1-23-16(20)15-9-8-14(12-18-15)24(21,22)19-17(10-5-11-17)13-6-3-2-4-7-13/h2-4,6-9,12,19H,5,10-11H2,1H3. The van der Waals surface area contributed by atoms with E-state index in [9.17, 15) is 13.2 Å². The average molecular weight is 346 g/mol. The minimum Gasteiger partial charge on any atom is -0.464 e. The van der Waals surface area contributed by atoms with Crippen molar-refractivity contribution in [1.82, 2.24) is 9.71 Å². The highest BCUT2D eigenvalue weighted by molar-refractivity contribution is 7.89. The summed E-state index contributed by atoms with van der Waals surface area (Å²) >= 11 is 0. The first-order valence-electron chi connectivity index (χ1n) is 7.61. The van der Waals surface area contributed by atoms with E-state index in [1.807, 2.05) is 30.3 Å². The van der Waals surface area contributed by atoms with Gasteiger partial charge >= 0.3 is 5.97 Å². The van der Waals surface area contributed by atoms with Crippen LogP contribution in [0.25, 0.3) is 0 Å². The lowest BCUT2D eigenvalue weighted by molar-refractivity contribution is 0.0594. The summed E-state index contributed by atoms with van der Waals surface area (Å²) in [6.45, 7) is 0. The number of carbonyl (C=O) groups is 1. The van der Waals surface area contributed by atoms with Crippen molar-refractivity contribution >= 4 is 16.0 Å². The van der Waals surface area contributed by atoms with E-state index in [1.54, 1.807) is 0 Å². The maximum atomic E-state index is 12.7. The van der Waals surface area contributed by atoms with Crippen molar-refractivity contribution in [1.29, 1.82) is 0 Å². The quantitative estimate of drug-likeness (QED) is 0.839. The molecule has 0 saturated heterocycles. The van der Waals surface area contributed by atoms with E-state index in [0.717, 1.165) is 24.8 Å². The number of hydrogen-bond donors (Lipinski definition) is 1. The summed E-state index contributed by atoms with van der Waals surface area (Å²) < 4.78 is 32.8. The summed E-state index contributed by atoms with van der Waals surface area (Å²) in [5.74, 6) is -0.605. The van der Waals surface area contributed by atoms with Crippen molar-refractivity contribution < 1.29 is 17.9 Å². The Kier molecular flexibility index (Phi) is 4.38. The zero-order valence-corrected chi connectivity index (χ0v) is 14.0. The number of pyridine rings is 1. The van der Waals surface area contributed by atoms with Crippen LogP contribution in [-0.2, 0) is 20.3 Å². The molecule has 1 N–H and O–H groups in total. The smallest absolute Gasteiger partial charge is 0.356 e. The van der Waals surface area contributed by atoms with E-state index in [-0.39, 0.29) is 10.6 Å². The van der Waals surface area contributed by atoms with Crippen molar-refractivity contribution in [3.63, 3.8) is 0 Å². The summed E-state index contributed by atoms with van der Waals surface area (Å²) in [6, 6.07) is 12.3. The van der Waals surface area contributed by atoms with E-state index >= 15 is 0 Å². The summed E-state index contributed by atoms with van der Waals surface area (Å²) in [6.07, 6.45) is 3.65. The third-order valence-corrected chi connectivity index (χ3v) is 5.83. The molecule has 7 heteroatoms. The number of nitrogens with zero attached hydrogens (tertiary/aromatic N) is 1. The second kappa shape index (κ2) is 6.33. The topological polar surface area (TPSA) is 85.4 Å². The molecule has 2 aromatic rings.